The summed E-state index contributed by atoms with van der Waals surface area (Å²) in [6.07, 6.45) is 0.722. The van der Waals surface area contributed by atoms with Crippen LogP contribution in [0.15, 0.2) is 65.1 Å². The first-order valence-corrected chi connectivity index (χ1v) is 9.31. The van der Waals surface area contributed by atoms with Gasteiger partial charge < -0.3 is 10.6 Å². The number of nitrogens with zero attached hydrogens (tertiary/aromatic N) is 1. The lowest BCUT2D eigenvalue weighted by Crippen LogP contribution is -2.19. The van der Waals surface area contributed by atoms with Crippen molar-refractivity contribution < 1.29 is 14.3 Å². The second-order valence-electron chi connectivity index (χ2n) is 6.05. The molecule has 0 radical (unpaired) electrons. The zero-order valence-corrected chi connectivity index (χ0v) is 16.4. The summed E-state index contributed by atoms with van der Waals surface area (Å²) in [7, 11) is 0. The SMILES string of the molecule is CCc1ccc(C(=O)c2cc(Br)cc(C(=O)OCc3ccccc3)c2)n1N. The van der Waals surface area contributed by atoms with Crippen molar-refractivity contribution >= 4 is 27.7 Å². The van der Waals surface area contributed by atoms with Gasteiger partial charge in [-0.25, -0.2) is 4.79 Å². The fraction of sp³-hybridized carbons (Fsp3) is 0.143. The Hall–Kier alpha value is -2.86. The molecular formula is C21H19BrN2O3. The topological polar surface area (TPSA) is 74.3 Å². The number of nitrogen functional groups attached to an aromatic ring is 1. The van der Waals surface area contributed by atoms with Gasteiger partial charge >= 0.3 is 5.97 Å². The summed E-state index contributed by atoms with van der Waals surface area (Å²) in [6.45, 7) is 2.13. The van der Waals surface area contributed by atoms with Crippen molar-refractivity contribution in [3.63, 3.8) is 0 Å². The van der Waals surface area contributed by atoms with Crippen LogP contribution >= 0.6 is 15.9 Å². The molecule has 0 spiro atoms. The fourth-order valence-corrected chi connectivity index (χ4v) is 3.25. The van der Waals surface area contributed by atoms with Gasteiger partial charge in [-0.05, 0) is 42.3 Å². The van der Waals surface area contributed by atoms with Gasteiger partial charge in [0.05, 0.1) is 5.56 Å². The van der Waals surface area contributed by atoms with Gasteiger partial charge in [0.15, 0.2) is 0 Å². The number of carbonyl (C=O) groups is 2. The van der Waals surface area contributed by atoms with E-state index in [9.17, 15) is 9.59 Å². The molecule has 0 atom stereocenters. The maximum Gasteiger partial charge on any atom is 0.338 e. The average Bonchev–Trinajstić information content (AvgIpc) is 3.06. The predicted molar refractivity (Wildman–Crippen MR) is 107 cm³/mol. The zero-order chi connectivity index (χ0) is 19.4. The number of halogens is 1. The Morgan fingerprint density at radius 2 is 1.74 bits per heavy atom. The Kier molecular flexibility index (Phi) is 5.76. The van der Waals surface area contributed by atoms with E-state index >= 15 is 0 Å². The van der Waals surface area contributed by atoms with Gasteiger partial charge in [-0.15, -0.1) is 0 Å². The number of ketones is 1. The van der Waals surface area contributed by atoms with E-state index < -0.39 is 5.97 Å². The van der Waals surface area contributed by atoms with Crippen molar-refractivity contribution in [3.8, 4) is 0 Å². The minimum atomic E-state index is -0.494. The molecule has 6 heteroatoms. The number of aryl methyl sites for hydroxylation is 1. The van der Waals surface area contributed by atoms with Gasteiger partial charge in [0.2, 0.25) is 5.78 Å². The Morgan fingerprint density at radius 1 is 1.04 bits per heavy atom. The van der Waals surface area contributed by atoms with E-state index in [1.807, 2.05) is 43.3 Å². The predicted octanol–water partition coefficient (Wildman–Crippen LogP) is 4.11. The first kappa shape index (κ1) is 18.9. The zero-order valence-electron chi connectivity index (χ0n) is 14.8. The molecule has 2 N–H and O–H groups in total. The summed E-state index contributed by atoms with van der Waals surface area (Å²) in [5.41, 5.74) is 2.78. The summed E-state index contributed by atoms with van der Waals surface area (Å²) in [4.78, 5) is 25.2. The molecule has 1 aromatic heterocycles. The number of hydrogen-bond acceptors (Lipinski definition) is 4. The standard InChI is InChI=1S/C21H19BrN2O3/c1-2-18-8-9-19(24(18)23)20(25)15-10-16(12-17(22)11-15)21(26)27-13-14-6-4-3-5-7-14/h3-12H,2,13,23H2,1H3. The van der Waals surface area contributed by atoms with E-state index in [-0.39, 0.29) is 12.4 Å². The number of nitrogens with two attached hydrogens (primary N) is 1. The monoisotopic (exact) mass is 426 g/mol. The second-order valence-corrected chi connectivity index (χ2v) is 6.97. The van der Waals surface area contributed by atoms with E-state index in [0.717, 1.165) is 17.7 Å². The van der Waals surface area contributed by atoms with E-state index in [1.165, 1.54) is 10.7 Å². The largest absolute Gasteiger partial charge is 0.457 e. The van der Waals surface area contributed by atoms with Crippen molar-refractivity contribution in [2.45, 2.75) is 20.0 Å². The Bertz CT molecular complexity index is 980. The number of aromatic nitrogens is 1. The summed E-state index contributed by atoms with van der Waals surface area (Å²) in [5.74, 6) is 5.24. The molecule has 3 rings (SSSR count). The van der Waals surface area contributed by atoms with Crippen LogP contribution in [-0.2, 0) is 17.8 Å². The van der Waals surface area contributed by atoms with Crippen LogP contribution in [0.1, 0.15) is 44.6 Å². The third-order valence-electron chi connectivity index (χ3n) is 4.21. The molecule has 0 fully saturated rings. The second kappa shape index (κ2) is 8.22. The Balaban J connectivity index is 1.82. The summed E-state index contributed by atoms with van der Waals surface area (Å²) in [6, 6.07) is 17.7. The molecule has 0 aliphatic carbocycles. The van der Waals surface area contributed by atoms with E-state index in [4.69, 9.17) is 10.6 Å². The first-order valence-electron chi connectivity index (χ1n) is 8.51. The number of benzene rings is 2. The van der Waals surface area contributed by atoms with Crippen molar-refractivity contribution in [2.75, 3.05) is 5.84 Å². The number of hydrogen-bond donors (Lipinski definition) is 1. The quantitative estimate of drug-likeness (QED) is 0.365. The highest BCUT2D eigenvalue weighted by molar-refractivity contribution is 9.10. The van der Waals surface area contributed by atoms with Crippen LogP contribution in [0.5, 0.6) is 0 Å². The molecule has 5 nitrogen and oxygen atoms in total. The molecule has 0 saturated carbocycles. The molecule has 0 bridgehead atoms. The van der Waals surface area contributed by atoms with Gasteiger partial charge in [-0.1, -0.05) is 53.2 Å². The summed E-state index contributed by atoms with van der Waals surface area (Å²) >= 11 is 3.36. The van der Waals surface area contributed by atoms with Crippen LogP contribution in [0.4, 0.5) is 0 Å². The maximum atomic E-state index is 12.8. The number of rotatable bonds is 6. The number of carbonyl (C=O) groups excluding carboxylic acids is 2. The molecule has 1 heterocycles. The minimum absolute atomic E-state index is 0.168. The molecule has 0 unspecified atom stereocenters. The lowest BCUT2D eigenvalue weighted by atomic mass is 10.1. The maximum absolute atomic E-state index is 12.8. The van der Waals surface area contributed by atoms with Crippen molar-refractivity contribution in [1.29, 1.82) is 0 Å². The van der Waals surface area contributed by atoms with Gasteiger partial charge in [0.25, 0.3) is 0 Å². The lowest BCUT2D eigenvalue weighted by molar-refractivity contribution is 0.0472. The molecule has 3 aromatic rings. The Morgan fingerprint density at radius 3 is 2.41 bits per heavy atom. The molecule has 0 amide bonds. The van der Waals surface area contributed by atoms with Gasteiger partial charge in [-0.3, -0.25) is 9.47 Å². The highest BCUT2D eigenvalue weighted by Crippen LogP contribution is 2.20. The third kappa shape index (κ3) is 4.28. The lowest BCUT2D eigenvalue weighted by Gasteiger charge is -2.09. The molecule has 27 heavy (non-hydrogen) atoms. The smallest absolute Gasteiger partial charge is 0.338 e. The van der Waals surface area contributed by atoms with Crippen molar-refractivity contribution in [3.05, 3.63) is 93.2 Å². The summed E-state index contributed by atoms with van der Waals surface area (Å²) in [5, 5.41) is 0. The minimum Gasteiger partial charge on any atom is -0.457 e. The first-order chi connectivity index (χ1) is 13.0. The van der Waals surface area contributed by atoms with Crippen molar-refractivity contribution in [2.24, 2.45) is 0 Å². The van der Waals surface area contributed by atoms with Crippen LogP contribution in [0.2, 0.25) is 0 Å². The molecule has 0 aliphatic heterocycles. The van der Waals surface area contributed by atoms with E-state index in [1.54, 1.807) is 18.2 Å². The van der Waals surface area contributed by atoms with Crippen LogP contribution in [0.25, 0.3) is 0 Å². The van der Waals surface area contributed by atoms with Crippen LogP contribution in [0.3, 0.4) is 0 Å². The highest BCUT2D eigenvalue weighted by atomic mass is 79.9. The molecule has 138 valence electrons. The van der Waals surface area contributed by atoms with Gasteiger partial charge in [-0.2, -0.15) is 0 Å². The molecule has 2 aromatic carbocycles. The third-order valence-corrected chi connectivity index (χ3v) is 4.66. The normalized spacial score (nSPS) is 10.6. The van der Waals surface area contributed by atoms with Gasteiger partial charge in [0.1, 0.15) is 12.3 Å². The fourth-order valence-electron chi connectivity index (χ4n) is 2.76. The molecular weight excluding hydrogens is 408 g/mol. The summed E-state index contributed by atoms with van der Waals surface area (Å²) < 4.78 is 7.36. The average molecular weight is 427 g/mol. The van der Waals surface area contributed by atoms with E-state index in [0.29, 0.717) is 21.3 Å². The number of esters is 1. The molecule has 0 aliphatic rings. The molecule has 0 saturated heterocycles. The highest BCUT2D eigenvalue weighted by Gasteiger charge is 2.18. The van der Waals surface area contributed by atoms with Crippen molar-refractivity contribution in [1.82, 2.24) is 4.68 Å². The van der Waals surface area contributed by atoms with Gasteiger partial charge in [0, 0.05) is 15.7 Å². The van der Waals surface area contributed by atoms with E-state index in [2.05, 4.69) is 15.9 Å². The van der Waals surface area contributed by atoms with Crippen LogP contribution in [0, 0.1) is 0 Å². The number of ether oxygens (including phenoxy) is 1. The van der Waals surface area contributed by atoms with Crippen LogP contribution < -0.4 is 5.84 Å². The Labute approximate surface area is 165 Å². The van der Waals surface area contributed by atoms with Crippen LogP contribution in [-0.4, -0.2) is 16.4 Å².